The van der Waals surface area contributed by atoms with Gasteiger partial charge < -0.3 is 19.7 Å². The van der Waals surface area contributed by atoms with E-state index in [1.807, 2.05) is 20.3 Å². The summed E-state index contributed by atoms with van der Waals surface area (Å²) < 4.78 is 13.2. The van der Waals surface area contributed by atoms with Crippen LogP contribution in [-0.2, 0) is 21.3 Å². The van der Waals surface area contributed by atoms with Crippen LogP contribution in [0.25, 0.3) is 0 Å². The van der Waals surface area contributed by atoms with E-state index in [2.05, 4.69) is 15.3 Å². The molecule has 7 heteroatoms. The average Bonchev–Trinajstić information content (AvgIpc) is 2.94. The number of carbonyl (C=O) groups is 1. The van der Waals surface area contributed by atoms with Gasteiger partial charge in [0.25, 0.3) is 5.91 Å². The van der Waals surface area contributed by atoms with Gasteiger partial charge in [0.1, 0.15) is 12.2 Å². The summed E-state index contributed by atoms with van der Waals surface area (Å²) in [4.78, 5) is 14.6. The van der Waals surface area contributed by atoms with Crippen molar-refractivity contribution in [3.05, 3.63) is 18.0 Å². The number of rotatable bonds is 3. The molecule has 0 spiro atoms. The van der Waals surface area contributed by atoms with Crippen LogP contribution < -0.4 is 5.32 Å². The van der Waals surface area contributed by atoms with E-state index < -0.39 is 6.10 Å². The predicted molar refractivity (Wildman–Crippen MR) is 80.3 cm³/mol. The van der Waals surface area contributed by atoms with Crippen LogP contribution >= 0.6 is 0 Å². The summed E-state index contributed by atoms with van der Waals surface area (Å²) in [5.41, 5.74) is 1.01. The van der Waals surface area contributed by atoms with Crippen LogP contribution in [0.15, 0.2) is 12.4 Å². The highest BCUT2D eigenvalue weighted by molar-refractivity contribution is 5.81. The van der Waals surface area contributed by atoms with Gasteiger partial charge in [0.05, 0.1) is 18.8 Å². The van der Waals surface area contributed by atoms with Gasteiger partial charge in [-0.05, 0) is 19.9 Å². The van der Waals surface area contributed by atoms with Gasteiger partial charge in [-0.15, -0.1) is 0 Å². The van der Waals surface area contributed by atoms with Gasteiger partial charge in [-0.1, -0.05) is 0 Å². The monoisotopic (exact) mass is 308 g/mol. The van der Waals surface area contributed by atoms with Gasteiger partial charge in [-0.3, -0.25) is 9.48 Å². The molecule has 3 heterocycles. The van der Waals surface area contributed by atoms with Gasteiger partial charge in [0.15, 0.2) is 0 Å². The average molecular weight is 308 g/mol. The van der Waals surface area contributed by atoms with E-state index in [1.54, 1.807) is 10.9 Å². The number of hydrogen-bond donors (Lipinski definition) is 1. The lowest BCUT2D eigenvalue weighted by Gasteiger charge is -2.34. The fourth-order valence-corrected chi connectivity index (χ4v) is 3.06. The molecule has 2 aliphatic rings. The molecule has 3 atom stereocenters. The molecule has 1 aromatic heterocycles. The number of amides is 1. The third-order valence-corrected chi connectivity index (χ3v) is 4.27. The summed E-state index contributed by atoms with van der Waals surface area (Å²) in [6, 6.07) is -0.0266. The molecule has 1 aromatic rings. The molecule has 122 valence electrons. The van der Waals surface area contributed by atoms with Crippen LogP contribution in [-0.4, -0.2) is 66.1 Å². The summed E-state index contributed by atoms with van der Waals surface area (Å²) in [6.45, 7) is 2.82. The van der Waals surface area contributed by atoms with Crippen molar-refractivity contribution in [3.63, 3.8) is 0 Å². The minimum atomic E-state index is -0.393. The second-order valence-electron chi connectivity index (χ2n) is 6.12. The molecular formula is C15H24N4O3. The van der Waals surface area contributed by atoms with Gasteiger partial charge in [-0.25, -0.2) is 0 Å². The number of hydrogen-bond acceptors (Lipinski definition) is 5. The van der Waals surface area contributed by atoms with Crippen LogP contribution in [0.1, 0.15) is 24.5 Å². The lowest BCUT2D eigenvalue weighted by atomic mass is 9.98. The van der Waals surface area contributed by atoms with Gasteiger partial charge in [0.2, 0.25) is 0 Å². The first kappa shape index (κ1) is 15.5. The van der Waals surface area contributed by atoms with Crippen molar-refractivity contribution in [1.29, 1.82) is 0 Å². The molecular weight excluding hydrogens is 284 g/mol. The van der Waals surface area contributed by atoms with Gasteiger partial charge >= 0.3 is 0 Å². The van der Waals surface area contributed by atoms with Crippen molar-refractivity contribution in [3.8, 4) is 0 Å². The predicted octanol–water partition coefficient (Wildman–Crippen LogP) is 0.0870. The molecule has 22 heavy (non-hydrogen) atoms. The topological polar surface area (TPSA) is 68.6 Å². The molecule has 0 aliphatic carbocycles. The molecule has 0 aromatic carbocycles. The van der Waals surface area contributed by atoms with Crippen molar-refractivity contribution >= 4 is 5.91 Å². The SMILES string of the molecule is CN1CCO[C@H](C(=O)N[C@H]2CCCO[C@@H]2c2cnn(C)c2)C1. The molecule has 1 amide bonds. The highest BCUT2D eigenvalue weighted by Crippen LogP contribution is 2.28. The molecule has 3 rings (SSSR count). The van der Waals surface area contributed by atoms with Crippen molar-refractivity contribution in [1.82, 2.24) is 20.0 Å². The van der Waals surface area contributed by atoms with E-state index in [9.17, 15) is 4.79 Å². The zero-order chi connectivity index (χ0) is 15.5. The Hall–Kier alpha value is -1.44. The Balaban J connectivity index is 1.65. The Morgan fingerprint density at radius 2 is 2.23 bits per heavy atom. The van der Waals surface area contributed by atoms with Crippen LogP contribution in [0.3, 0.4) is 0 Å². The maximum Gasteiger partial charge on any atom is 0.250 e. The maximum absolute atomic E-state index is 12.5. The second kappa shape index (κ2) is 6.76. The lowest BCUT2D eigenvalue weighted by molar-refractivity contribution is -0.140. The summed E-state index contributed by atoms with van der Waals surface area (Å²) in [6.07, 6.45) is 5.09. The summed E-state index contributed by atoms with van der Waals surface area (Å²) in [5.74, 6) is -0.0454. The van der Waals surface area contributed by atoms with E-state index >= 15 is 0 Å². The number of likely N-dealkylation sites (N-methyl/N-ethyl adjacent to an activating group) is 1. The molecule has 1 N–H and O–H groups in total. The van der Waals surface area contributed by atoms with Crippen LogP contribution in [0.2, 0.25) is 0 Å². The quantitative estimate of drug-likeness (QED) is 0.857. The Morgan fingerprint density at radius 1 is 1.36 bits per heavy atom. The number of nitrogens with zero attached hydrogens (tertiary/aromatic N) is 3. The van der Waals surface area contributed by atoms with Crippen LogP contribution in [0.4, 0.5) is 0 Å². The molecule has 0 radical (unpaired) electrons. The molecule has 2 fully saturated rings. The first-order valence-electron chi connectivity index (χ1n) is 7.84. The third-order valence-electron chi connectivity index (χ3n) is 4.27. The molecule has 0 unspecified atom stereocenters. The second-order valence-corrected chi connectivity index (χ2v) is 6.12. The normalized spacial score (nSPS) is 30.2. The Kier molecular flexibility index (Phi) is 4.75. The van der Waals surface area contributed by atoms with Crippen molar-refractivity contribution < 1.29 is 14.3 Å². The standard InChI is InChI=1S/C15H24N4O3/c1-18-5-7-21-13(10-18)15(20)17-12-4-3-6-22-14(12)11-8-16-19(2)9-11/h8-9,12-14H,3-7,10H2,1-2H3,(H,17,20)/t12-,13-,14+/m0/s1. The Labute approximate surface area is 130 Å². The van der Waals surface area contributed by atoms with E-state index in [4.69, 9.17) is 9.47 Å². The fraction of sp³-hybridized carbons (Fsp3) is 0.733. The zero-order valence-corrected chi connectivity index (χ0v) is 13.2. The van der Waals surface area contributed by atoms with E-state index in [1.165, 1.54) is 0 Å². The molecule has 7 nitrogen and oxygen atoms in total. The van der Waals surface area contributed by atoms with Crippen LogP contribution in [0, 0.1) is 0 Å². The number of ether oxygens (including phenoxy) is 2. The number of morpholine rings is 1. The number of nitrogens with one attached hydrogen (secondary N) is 1. The van der Waals surface area contributed by atoms with Crippen LogP contribution in [0.5, 0.6) is 0 Å². The molecule has 2 saturated heterocycles. The van der Waals surface area contributed by atoms with E-state index in [0.717, 1.165) is 24.9 Å². The maximum atomic E-state index is 12.5. The third kappa shape index (κ3) is 3.48. The zero-order valence-electron chi connectivity index (χ0n) is 13.2. The molecule has 0 bridgehead atoms. The highest BCUT2D eigenvalue weighted by Gasteiger charge is 2.33. The summed E-state index contributed by atoms with van der Waals surface area (Å²) >= 11 is 0. The minimum Gasteiger partial charge on any atom is -0.371 e. The number of aryl methyl sites for hydroxylation is 1. The lowest BCUT2D eigenvalue weighted by Crippen LogP contribution is -2.52. The largest absolute Gasteiger partial charge is 0.371 e. The Bertz CT molecular complexity index is 519. The number of carbonyl (C=O) groups excluding carboxylic acids is 1. The van der Waals surface area contributed by atoms with Crippen molar-refractivity contribution in [2.24, 2.45) is 7.05 Å². The van der Waals surface area contributed by atoms with E-state index in [0.29, 0.717) is 19.8 Å². The first-order valence-corrected chi connectivity index (χ1v) is 7.84. The smallest absolute Gasteiger partial charge is 0.250 e. The summed E-state index contributed by atoms with van der Waals surface area (Å²) in [5, 5.41) is 7.31. The van der Waals surface area contributed by atoms with Crippen molar-refractivity contribution in [2.45, 2.75) is 31.1 Å². The van der Waals surface area contributed by atoms with Gasteiger partial charge in [-0.2, -0.15) is 5.10 Å². The molecule has 0 saturated carbocycles. The van der Waals surface area contributed by atoms with Gasteiger partial charge in [0, 0.05) is 38.5 Å². The summed E-state index contributed by atoms with van der Waals surface area (Å²) in [7, 11) is 3.89. The highest BCUT2D eigenvalue weighted by atomic mass is 16.5. The first-order chi connectivity index (χ1) is 10.6. The molecule has 2 aliphatic heterocycles. The van der Waals surface area contributed by atoms with E-state index in [-0.39, 0.29) is 18.1 Å². The Morgan fingerprint density at radius 3 is 2.95 bits per heavy atom. The minimum absolute atomic E-state index is 0.0266. The van der Waals surface area contributed by atoms with Crippen molar-refractivity contribution in [2.75, 3.05) is 33.4 Å². The number of aromatic nitrogens is 2. The fourth-order valence-electron chi connectivity index (χ4n) is 3.06.